The molecule has 0 spiro atoms. The van der Waals surface area contributed by atoms with Gasteiger partial charge in [0, 0.05) is 0 Å². The first-order valence-electron chi connectivity index (χ1n) is 3.44. The molecule has 5 heteroatoms. The molecule has 0 bridgehead atoms. The fourth-order valence-corrected chi connectivity index (χ4v) is 1.19. The Kier molecular flexibility index (Phi) is 1.97. The van der Waals surface area contributed by atoms with Crippen LogP contribution in [0.3, 0.4) is 0 Å². The van der Waals surface area contributed by atoms with Crippen LogP contribution in [0, 0.1) is 0 Å². The highest BCUT2D eigenvalue weighted by Gasteiger charge is 2.35. The monoisotopic (exact) mass is 126 g/mol. The van der Waals surface area contributed by atoms with Gasteiger partial charge in [-0.2, -0.15) is 0 Å². The van der Waals surface area contributed by atoms with Gasteiger partial charge in [-0.25, -0.2) is 0 Å². The molecular weight excluding hydrogens is 117 g/mol. The minimum atomic E-state index is -0.777. The molecular formula is C5H8B4N. The van der Waals surface area contributed by atoms with Crippen LogP contribution in [0.15, 0.2) is 0 Å². The van der Waals surface area contributed by atoms with E-state index in [1.807, 2.05) is 14.1 Å². The third kappa shape index (κ3) is 1.63. The molecule has 0 aromatic rings. The zero-order valence-corrected chi connectivity index (χ0v) is 6.22. The molecule has 0 amide bonds. The molecule has 1 nitrogen and oxygen atoms in total. The van der Waals surface area contributed by atoms with E-state index in [1.165, 1.54) is 0 Å². The maximum absolute atomic E-state index is 5.81. The predicted molar refractivity (Wildman–Crippen MR) is 46.7 cm³/mol. The van der Waals surface area contributed by atoms with Gasteiger partial charge in [0.25, 0.3) is 0 Å². The summed E-state index contributed by atoms with van der Waals surface area (Å²) in [5.41, 5.74) is 0. The van der Waals surface area contributed by atoms with Gasteiger partial charge in [-0.05, 0) is 5.34 Å². The first-order valence-corrected chi connectivity index (χ1v) is 3.44. The van der Waals surface area contributed by atoms with Crippen molar-refractivity contribution in [3.8, 4) is 0 Å². The molecule has 0 aromatic heterocycles. The highest BCUT2D eigenvalue weighted by molar-refractivity contribution is 6.54. The highest BCUT2D eigenvalue weighted by atomic mass is 15.0. The van der Waals surface area contributed by atoms with Crippen molar-refractivity contribution in [3.05, 3.63) is 0 Å². The van der Waals surface area contributed by atoms with Crippen molar-refractivity contribution in [2.24, 2.45) is 0 Å². The average molecular weight is 125 g/mol. The van der Waals surface area contributed by atoms with E-state index in [0.717, 1.165) is 6.42 Å². The maximum atomic E-state index is 5.81. The second kappa shape index (κ2) is 2.37. The Morgan fingerprint density at radius 2 is 1.90 bits per heavy atom. The Morgan fingerprint density at radius 3 is 2.10 bits per heavy atom. The van der Waals surface area contributed by atoms with Crippen LogP contribution in [-0.2, 0) is 0 Å². The second-order valence-electron chi connectivity index (χ2n) is 2.99. The molecule has 7 radical (unpaired) electrons. The van der Waals surface area contributed by atoms with Crippen molar-refractivity contribution in [1.29, 1.82) is 0 Å². The smallest absolute Gasteiger partial charge is 0.121 e. The summed E-state index contributed by atoms with van der Waals surface area (Å²) in [6, 6.07) is 0. The molecule has 45 valence electrons. The normalized spacial score (nSPS) is 37.7. The van der Waals surface area contributed by atoms with Gasteiger partial charge < -0.3 is 5.32 Å². The van der Waals surface area contributed by atoms with Gasteiger partial charge in [-0.15, -0.1) is 0 Å². The molecule has 0 saturated carbocycles. The summed E-state index contributed by atoms with van der Waals surface area (Å²) in [7, 11) is 18.9. The molecule has 1 aliphatic rings. The third-order valence-electron chi connectivity index (χ3n) is 1.93. The predicted octanol–water partition coefficient (Wildman–Crippen LogP) is -1.06. The van der Waals surface area contributed by atoms with E-state index in [9.17, 15) is 0 Å². The molecule has 1 rings (SSSR count). The summed E-state index contributed by atoms with van der Waals surface area (Å²) in [5, 5.41) is 1.70. The zero-order chi connectivity index (χ0) is 7.83. The van der Waals surface area contributed by atoms with Crippen molar-refractivity contribution in [3.63, 3.8) is 0 Å². The molecule has 1 unspecified atom stereocenters. The number of hydrogen-bond acceptors (Lipinski definition) is 1. The number of nitrogens with one attached hydrogen (secondary N) is 1. The van der Waals surface area contributed by atoms with Crippen LogP contribution in [0.25, 0.3) is 0 Å². The van der Waals surface area contributed by atoms with Crippen LogP contribution >= 0.6 is 0 Å². The molecule has 1 fully saturated rings. The van der Waals surface area contributed by atoms with E-state index in [1.54, 1.807) is 0 Å². The van der Waals surface area contributed by atoms with Gasteiger partial charge in [-0.1, -0.05) is 25.0 Å². The van der Waals surface area contributed by atoms with Crippen molar-refractivity contribution in [1.82, 2.24) is 5.32 Å². The maximum Gasteiger partial charge on any atom is 0.121 e. The van der Waals surface area contributed by atoms with E-state index >= 15 is 0 Å². The average Bonchev–Trinajstić information content (AvgIpc) is 2.08. The number of rotatable bonds is 1. The van der Waals surface area contributed by atoms with E-state index in [0.29, 0.717) is 6.42 Å². The molecule has 1 saturated heterocycles. The van der Waals surface area contributed by atoms with E-state index in [4.69, 9.17) is 23.5 Å². The van der Waals surface area contributed by atoms with Gasteiger partial charge in [-0.3, -0.25) is 0 Å². The summed E-state index contributed by atoms with van der Waals surface area (Å²) >= 11 is 0. The SMILES string of the molecule is [B]C1([B])CCC([B])([B]C)N1. The van der Waals surface area contributed by atoms with Gasteiger partial charge >= 0.3 is 0 Å². The van der Waals surface area contributed by atoms with Crippen molar-refractivity contribution in [2.45, 2.75) is 30.3 Å². The minimum absolute atomic E-state index is 0.455. The summed E-state index contributed by atoms with van der Waals surface area (Å²) < 4.78 is 0. The van der Waals surface area contributed by atoms with E-state index in [2.05, 4.69) is 5.32 Å². The Bertz CT molecular complexity index is 138. The lowest BCUT2D eigenvalue weighted by Crippen LogP contribution is -2.54. The topological polar surface area (TPSA) is 12.0 Å². The standard InChI is InChI=1S/C5H8B4N/c1-9-5(8)3-2-4(6,7)10-5/h10H,2-3H2,1H3. The Labute approximate surface area is 67.2 Å². The van der Waals surface area contributed by atoms with Gasteiger partial charge in [0.1, 0.15) is 7.28 Å². The Balaban J connectivity index is 2.57. The Morgan fingerprint density at radius 1 is 1.30 bits per heavy atom. The van der Waals surface area contributed by atoms with E-state index in [-0.39, 0.29) is 0 Å². The molecule has 1 aliphatic heterocycles. The number of hydrogen-bond donors (Lipinski definition) is 1. The van der Waals surface area contributed by atoms with Crippen LogP contribution in [0.1, 0.15) is 12.8 Å². The van der Waals surface area contributed by atoms with Crippen LogP contribution in [0.5, 0.6) is 0 Å². The molecule has 1 N–H and O–H groups in total. The summed E-state index contributed by atoms with van der Waals surface area (Å²) in [6.07, 6.45) is 1.52. The first kappa shape index (κ1) is 8.32. The molecule has 1 heterocycles. The third-order valence-corrected chi connectivity index (χ3v) is 1.93. The Hall–Kier alpha value is 0.220. The summed E-state index contributed by atoms with van der Waals surface area (Å²) in [6.45, 7) is 1.90. The largest absolute Gasteiger partial charge is 0.338 e. The molecule has 10 heavy (non-hydrogen) atoms. The van der Waals surface area contributed by atoms with Crippen LogP contribution in [-0.4, -0.2) is 41.5 Å². The van der Waals surface area contributed by atoms with Crippen molar-refractivity contribution < 1.29 is 0 Å². The summed E-state index contributed by atoms with van der Waals surface area (Å²) in [4.78, 5) is 0. The molecule has 0 aliphatic carbocycles. The van der Waals surface area contributed by atoms with Gasteiger partial charge in [0.15, 0.2) is 0 Å². The van der Waals surface area contributed by atoms with Crippen LogP contribution < -0.4 is 5.32 Å². The van der Waals surface area contributed by atoms with E-state index < -0.39 is 10.7 Å². The van der Waals surface area contributed by atoms with Gasteiger partial charge in [0.2, 0.25) is 0 Å². The zero-order valence-electron chi connectivity index (χ0n) is 6.22. The van der Waals surface area contributed by atoms with Crippen LogP contribution in [0.4, 0.5) is 0 Å². The highest BCUT2D eigenvalue weighted by Crippen LogP contribution is 2.23. The quantitative estimate of drug-likeness (QED) is 0.440. The first-order chi connectivity index (χ1) is 4.47. The summed E-state index contributed by atoms with van der Waals surface area (Å²) in [5.74, 6) is 0. The molecule has 0 aromatic carbocycles. The van der Waals surface area contributed by atoms with Gasteiger partial charge in [0.05, 0.1) is 23.5 Å². The second-order valence-corrected chi connectivity index (χ2v) is 2.99. The minimum Gasteiger partial charge on any atom is -0.338 e. The lowest BCUT2D eigenvalue weighted by atomic mass is 9.49. The molecule has 1 atom stereocenters. The fraction of sp³-hybridized carbons (Fsp3) is 1.00. The lowest BCUT2D eigenvalue weighted by molar-refractivity contribution is 0.658. The lowest BCUT2D eigenvalue weighted by Gasteiger charge is -2.28. The van der Waals surface area contributed by atoms with Crippen LogP contribution in [0.2, 0.25) is 6.82 Å². The van der Waals surface area contributed by atoms with Crippen molar-refractivity contribution in [2.75, 3.05) is 0 Å². The van der Waals surface area contributed by atoms with Crippen molar-refractivity contribution >= 4 is 30.8 Å². The fourth-order valence-electron chi connectivity index (χ4n) is 1.19.